The van der Waals surface area contributed by atoms with Crippen LogP contribution in [0.1, 0.15) is 24.2 Å². The fourth-order valence-corrected chi connectivity index (χ4v) is 1.85. The summed E-state index contributed by atoms with van der Waals surface area (Å²) in [6.45, 7) is 3.06. The quantitative estimate of drug-likeness (QED) is 0.897. The number of aromatic nitrogens is 3. The summed E-state index contributed by atoms with van der Waals surface area (Å²) in [6.07, 6.45) is -5.27. The van der Waals surface area contributed by atoms with Crippen molar-refractivity contribution in [3.63, 3.8) is 0 Å². The molecule has 0 saturated carbocycles. The second kappa shape index (κ2) is 5.23. The third kappa shape index (κ3) is 3.67. The Kier molecular flexibility index (Phi) is 3.86. The maximum absolute atomic E-state index is 12.1. The fourth-order valence-electron chi connectivity index (χ4n) is 1.85. The molecule has 0 radical (unpaired) electrons. The number of nitrogens with zero attached hydrogens (tertiary/aromatic N) is 3. The van der Waals surface area contributed by atoms with Crippen molar-refractivity contribution in [1.29, 1.82) is 0 Å². The predicted molar refractivity (Wildman–Crippen MR) is 56.9 cm³/mol. The number of morpholine rings is 1. The monoisotopic (exact) mass is 264 g/mol. The van der Waals surface area contributed by atoms with Gasteiger partial charge in [-0.15, -0.1) is 0 Å². The van der Waals surface area contributed by atoms with Crippen LogP contribution in [0.4, 0.5) is 13.2 Å². The second-order valence-electron chi connectivity index (χ2n) is 4.30. The summed E-state index contributed by atoms with van der Waals surface area (Å²) in [4.78, 5) is 5.87. The number of hydrogen-bond donors (Lipinski definition) is 1. The molecule has 2 heterocycles. The lowest BCUT2D eigenvalue weighted by molar-refractivity contribution is -0.142. The zero-order chi connectivity index (χ0) is 13.2. The minimum absolute atomic E-state index is 0.00718. The van der Waals surface area contributed by atoms with Crippen LogP contribution in [-0.2, 0) is 4.74 Å². The van der Waals surface area contributed by atoms with E-state index in [2.05, 4.69) is 15.2 Å². The molecule has 1 fully saturated rings. The van der Waals surface area contributed by atoms with Crippen LogP contribution in [0.15, 0.2) is 0 Å². The van der Waals surface area contributed by atoms with Gasteiger partial charge in [-0.3, -0.25) is 10.00 Å². The predicted octanol–water partition coefficient (Wildman–Crippen LogP) is 1.44. The van der Waals surface area contributed by atoms with Crippen molar-refractivity contribution < 1.29 is 17.9 Å². The van der Waals surface area contributed by atoms with E-state index in [0.717, 1.165) is 0 Å². The Hall–Kier alpha value is -1.15. The molecular weight excluding hydrogens is 249 g/mol. The first-order valence-corrected chi connectivity index (χ1v) is 5.73. The van der Waals surface area contributed by atoms with Gasteiger partial charge in [0.2, 0.25) is 0 Å². The number of rotatable bonds is 3. The first-order valence-electron chi connectivity index (χ1n) is 5.73. The van der Waals surface area contributed by atoms with Gasteiger partial charge in [-0.1, -0.05) is 0 Å². The van der Waals surface area contributed by atoms with Crippen molar-refractivity contribution >= 4 is 0 Å². The number of aryl methyl sites for hydroxylation is 1. The summed E-state index contributed by atoms with van der Waals surface area (Å²) in [5.74, 6) is 1.17. The molecule has 1 aliphatic heterocycles. The molecule has 5 nitrogen and oxygen atoms in total. The summed E-state index contributed by atoms with van der Waals surface area (Å²) in [7, 11) is 0. The molecule has 1 N–H and O–H groups in total. The lowest BCUT2D eigenvalue weighted by Crippen LogP contribution is -2.40. The van der Waals surface area contributed by atoms with Gasteiger partial charge in [-0.25, -0.2) is 4.98 Å². The van der Waals surface area contributed by atoms with Gasteiger partial charge in [0.25, 0.3) is 0 Å². The van der Waals surface area contributed by atoms with Gasteiger partial charge >= 0.3 is 6.18 Å². The first kappa shape index (κ1) is 13.3. The Morgan fingerprint density at radius 3 is 2.89 bits per heavy atom. The zero-order valence-electron chi connectivity index (χ0n) is 10.00. The molecular formula is C10H15F3N4O. The first-order chi connectivity index (χ1) is 8.44. The van der Waals surface area contributed by atoms with E-state index in [0.29, 0.717) is 31.3 Å². The molecule has 18 heavy (non-hydrogen) atoms. The van der Waals surface area contributed by atoms with Crippen LogP contribution in [0, 0.1) is 6.92 Å². The molecule has 8 heteroatoms. The third-order valence-electron chi connectivity index (χ3n) is 2.76. The highest BCUT2D eigenvalue weighted by molar-refractivity contribution is 4.95. The van der Waals surface area contributed by atoms with Crippen LogP contribution in [0.25, 0.3) is 0 Å². The van der Waals surface area contributed by atoms with E-state index in [-0.39, 0.29) is 12.6 Å². The molecule has 0 aliphatic carbocycles. The Balaban J connectivity index is 1.88. The lowest BCUT2D eigenvalue weighted by atomic mass is 10.2. The molecule has 0 bridgehead atoms. The smallest absolute Gasteiger partial charge is 0.367 e. The highest BCUT2D eigenvalue weighted by Crippen LogP contribution is 2.23. The summed E-state index contributed by atoms with van der Waals surface area (Å²) in [6, 6.07) is 0. The molecule has 0 amide bonds. The van der Waals surface area contributed by atoms with E-state index in [4.69, 9.17) is 4.74 Å². The molecule has 1 atom stereocenters. The minimum Gasteiger partial charge on any atom is -0.367 e. The van der Waals surface area contributed by atoms with Crippen molar-refractivity contribution in [2.45, 2.75) is 25.6 Å². The number of nitrogens with one attached hydrogen (secondary N) is 1. The van der Waals surface area contributed by atoms with Crippen LogP contribution in [-0.4, -0.2) is 52.5 Å². The van der Waals surface area contributed by atoms with E-state index in [1.54, 1.807) is 11.8 Å². The van der Waals surface area contributed by atoms with Gasteiger partial charge in [0, 0.05) is 19.6 Å². The zero-order valence-corrected chi connectivity index (χ0v) is 10.00. The Morgan fingerprint density at radius 2 is 2.28 bits per heavy atom. The van der Waals surface area contributed by atoms with Crippen LogP contribution >= 0.6 is 0 Å². The van der Waals surface area contributed by atoms with E-state index in [1.807, 2.05) is 0 Å². The average molecular weight is 264 g/mol. The SMILES string of the molecule is Cc1nc([C@@H]2CN(CCC(F)(F)F)CCO2)n[nH]1. The maximum Gasteiger partial charge on any atom is 0.390 e. The van der Waals surface area contributed by atoms with Gasteiger partial charge in [0.05, 0.1) is 13.0 Å². The number of aromatic amines is 1. The van der Waals surface area contributed by atoms with Crippen molar-refractivity contribution in [3.8, 4) is 0 Å². The van der Waals surface area contributed by atoms with Crippen LogP contribution < -0.4 is 0 Å². The van der Waals surface area contributed by atoms with E-state index in [9.17, 15) is 13.2 Å². The topological polar surface area (TPSA) is 54.0 Å². The summed E-state index contributed by atoms with van der Waals surface area (Å²) < 4.78 is 41.9. The second-order valence-corrected chi connectivity index (χ2v) is 4.30. The molecule has 1 aliphatic rings. The molecule has 0 unspecified atom stereocenters. The fraction of sp³-hybridized carbons (Fsp3) is 0.800. The van der Waals surface area contributed by atoms with Gasteiger partial charge in [-0.05, 0) is 6.92 Å². The molecule has 0 spiro atoms. The van der Waals surface area contributed by atoms with Crippen molar-refractivity contribution in [2.24, 2.45) is 0 Å². The highest BCUT2D eigenvalue weighted by atomic mass is 19.4. The van der Waals surface area contributed by atoms with Crippen molar-refractivity contribution in [1.82, 2.24) is 20.1 Å². The number of H-pyrrole nitrogens is 1. The summed E-state index contributed by atoms with van der Waals surface area (Å²) in [5, 5.41) is 6.67. The minimum atomic E-state index is -4.12. The molecule has 1 saturated heterocycles. The van der Waals surface area contributed by atoms with Crippen LogP contribution in [0.2, 0.25) is 0 Å². The highest BCUT2D eigenvalue weighted by Gasteiger charge is 2.30. The Labute approximate surface area is 102 Å². The van der Waals surface area contributed by atoms with Gasteiger partial charge in [0.1, 0.15) is 11.9 Å². The molecule has 2 rings (SSSR count). The number of halogens is 3. The average Bonchev–Trinajstić information content (AvgIpc) is 2.73. The van der Waals surface area contributed by atoms with Crippen molar-refractivity contribution in [3.05, 3.63) is 11.6 Å². The van der Waals surface area contributed by atoms with E-state index in [1.165, 1.54) is 0 Å². The number of hydrogen-bond acceptors (Lipinski definition) is 4. The standard InChI is InChI=1S/C10H15F3N4O/c1-7-14-9(16-15-7)8-6-17(4-5-18-8)3-2-10(11,12)13/h8H,2-6H2,1H3,(H,14,15,16)/t8-/m0/s1. The van der Waals surface area contributed by atoms with E-state index >= 15 is 0 Å². The Bertz CT molecular complexity index is 393. The van der Waals surface area contributed by atoms with Gasteiger partial charge in [-0.2, -0.15) is 18.3 Å². The lowest BCUT2D eigenvalue weighted by Gasteiger charge is -2.31. The van der Waals surface area contributed by atoms with Gasteiger partial charge < -0.3 is 4.74 Å². The molecule has 1 aromatic heterocycles. The van der Waals surface area contributed by atoms with Crippen LogP contribution in [0.5, 0.6) is 0 Å². The molecule has 102 valence electrons. The third-order valence-corrected chi connectivity index (χ3v) is 2.76. The largest absolute Gasteiger partial charge is 0.390 e. The molecule has 0 aromatic carbocycles. The van der Waals surface area contributed by atoms with Gasteiger partial charge in [0.15, 0.2) is 5.82 Å². The van der Waals surface area contributed by atoms with E-state index < -0.39 is 12.6 Å². The number of alkyl halides is 3. The Morgan fingerprint density at radius 1 is 1.50 bits per heavy atom. The summed E-state index contributed by atoms with van der Waals surface area (Å²) in [5.41, 5.74) is 0. The molecule has 1 aromatic rings. The maximum atomic E-state index is 12.1. The summed E-state index contributed by atoms with van der Waals surface area (Å²) >= 11 is 0. The van der Waals surface area contributed by atoms with Crippen LogP contribution in [0.3, 0.4) is 0 Å². The van der Waals surface area contributed by atoms with Crippen molar-refractivity contribution in [2.75, 3.05) is 26.2 Å². The normalized spacial score (nSPS) is 22.3. The number of ether oxygens (including phenoxy) is 1.